The van der Waals surface area contributed by atoms with Gasteiger partial charge in [0.25, 0.3) is 10.0 Å². The van der Waals surface area contributed by atoms with Gasteiger partial charge in [-0.15, -0.1) is 11.3 Å². The fourth-order valence-corrected chi connectivity index (χ4v) is 4.32. The van der Waals surface area contributed by atoms with E-state index in [9.17, 15) is 8.42 Å². The summed E-state index contributed by atoms with van der Waals surface area (Å²) in [6.45, 7) is 1.97. The summed E-state index contributed by atoms with van der Waals surface area (Å²) in [7, 11) is -3.65. The minimum absolute atomic E-state index is 0.251. The predicted octanol–water partition coefficient (Wildman–Crippen LogP) is 3.75. The Hall–Kier alpha value is -1.36. The van der Waals surface area contributed by atoms with E-state index >= 15 is 0 Å². The second-order valence-electron chi connectivity index (χ2n) is 3.98. The third-order valence-electron chi connectivity index (χ3n) is 2.60. The molecule has 0 saturated heterocycles. The first-order chi connectivity index (χ1) is 9.46. The number of hydrogen-bond donors (Lipinski definition) is 1. The van der Waals surface area contributed by atoms with Crippen LogP contribution in [0.2, 0.25) is 0 Å². The van der Waals surface area contributed by atoms with Crippen molar-refractivity contribution in [3.63, 3.8) is 0 Å². The van der Waals surface area contributed by atoms with E-state index in [4.69, 9.17) is 5.26 Å². The maximum atomic E-state index is 12.3. The molecule has 20 heavy (non-hydrogen) atoms. The Balaban J connectivity index is 2.36. The summed E-state index contributed by atoms with van der Waals surface area (Å²) in [4.78, 5) is 1.00. The third-order valence-corrected chi connectivity index (χ3v) is 6.18. The average Bonchev–Trinajstić information content (AvgIpc) is 2.90. The smallest absolute Gasteiger partial charge is 0.271 e. The first kappa shape index (κ1) is 15.0. The second kappa shape index (κ2) is 5.95. The van der Waals surface area contributed by atoms with E-state index in [1.807, 2.05) is 13.0 Å². The van der Waals surface area contributed by atoms with Gasteiger partial charge in [0.1, 0.15) is 10.3 Å². The Labute approximate surface area is 130 Å². The normalized spacial score (nSPS) is 11.1. The number of thiophene rings is 1. The van der Waals surface area contributed by atoms with Crippen LogP contribution in [0.25, 0.3) is 0 Å². The summed E-state index contributed by atoms with van der Waals surface area (Å²) in [5.41, 5.74) is 0.553. The van der Waals surface area contributed by atoms with Crippen molar-refractivity contribution in [2.75, 3.05) is 4.72 Å². The van der Waals surface area contributed by atoms with Gasteiger partial charge >= 0.3 is 0 Å². The van der Waals surface area contributed by atoms with E-state index in [0.717, 1.165) is 15.8 Å². The molecule has 0 saturated carbocycles. The number of nitrogens with zero attached hydrogens (tertiary/aromatic N) is 1. The standard InChI is InChI=1S/C13H11BrN2O2S2/c1-2-11-4-6-13(19-11)20(17,18)16-12-5-3-10(14)7-9(12)8-15/h3-7,16H,2H2,1H3. The van der Waals surface area contributed by atoms with Gasteiger partial charge in [0, 0.05) is 9.35 Å². The molecule has 0 spiro atoms. The molecule has 0 fully saturated rings. The number of rotatable bonds is 4. The number of nitriles is 1. The minimum atomic E-state index is -3.65. The van der Waals surface area contributed by atoms with Crippen molar-refractivity contribution in [2.24, 2.45) is 0 Å². The third kappa shape index (κ3) is 3.20. The molecule has 0 radical (unpaired) electrons. The monoisotopic (exact) mass is 370 g/mol. The first-order valence-electron chi connectivity index (χ1n) is 5.77. The van der Waals surface area contributed by atoms with Crippen LogP contribution in [0.15, 0.2) is 39.0 Å². The number of benzene rings is 1. The van der Waals surface area contributed by atoms with Crippen molar-refractivity contribution in [2.45, 2.75) is 17.6 Å². The highest BCUT2D eigenvalue weighted by Gasteiger charge is 2.18. The molecule has 1 aromatic heterocycles. The lowest BCUT2D eigenvalue weighted by atomic mass is 10.2. The highest BCUT2D eigenvalue weighted by molar-refractivity contribution is 9.10. The molecule has 0 aliphatic rings. The van der Waals surface area contributed by atoms with E-state index < -0.39 is 10.0 Å². The summed E-state index contributed by atoms with van der Waals surface area (Å²) in [6.07, 6.45) is 0.794. The predicted molar refractivity (Wildman–Crippen MR) is 83.4 cm³/mol. The zero-order chi connectivity index (χ0) is 14.8. The van der Waals surface area contributed by atoms with Gasteiger partial charge in [-0.3, -0.25) is 4.72 Å². The Morgan fingerprint density at radius 1 is 1.35 bits per heavy atom. The molecule has 0 amide bonds. The van der Waals surface area contributed by atoms with Crippen LogP contribution in [0.5, 0.6) is 0 Å². The Morgan fingerprint density at radius 3 is 2.70 bits per heavy atom. The van der Waals surface area contributed by atoms with Crippen molar-refractivity contribution in [3.05, 3.63) is 45.2 Å². The molecule has 2 aromatic rings. The highest BCUT2D eigenvalue weighted by atomic mass is 79.9. The van der Waals surface area contributed by atoms with Crippen LogP contribution < -0.4 is 4.72 Å². The Kier molecular flexibility index (Phi) is 4.48. The van der Waals surface area contributed by atoms with E-state index in [-0.39, 0.29) is 15.5 Å². The molecule has 0 aliphatic carbocycles. The van der Waals surface area contributed by atoms with Gasteiger partial charge in [0.2, 0.25) is 0 Å². The maximum Gasteiger partial charge on any atom is 0.271 e. The van der Waals surface area contributed by atoms with Crippen molar-refractivity contribution < 1.29 is 8.42 Å². The van der Waals surface area contributed by atoms with Crippen LogP contribution >= 0.6 is 27.3 Å². The van der Waals surface area contributed by atoms with Gasteiger partial charge < -0.3 is 0 Å². The quantitative estimate of drug-likeness (QED) is 0.890. The molecule has 1 heterocycles. The SMILES string of the molecule is CCc1ccc(S(=O)(=O)Nc2ccc(Br)cc2C#N)s1. The van der Waals surface area contributed by atoms with Gasteiger partial charge in [-0.1, -0.05) is 22.9 Å². The zero-order valence-corrected chi connectivity index (χ0v) is 13.8. The lowest BCUT2D eigenvalue weighted by Crippen LogP contribution is -2.12. The van der Waals surface area contributed by atoms with Crippen LogP contribution in [0, 0.1) is 11.3 Å². The van der Waals surface area contributed by atoms with Crippen LogP contribution in [0.3, 0.4) is 0 Å². The largest absolute Gasteiger partial charge is 0.278 e. The second-order valence-corrected chi connectivity index (χ2v) is 7.97. The van der Waals surface area contributed by atoms with Crippen LogP contribution in [-0.2, 0) is 16.4 Å². The summed E-state index contributed by atoms with van der Waals surface area (Å²) in [6, 6.07) is 10.2. The highest BCUT2D eigenvalue weighted by Crippen LogP contribution is 2.27. The number of aryl methyl sites for hydroxylation is 1. The molecule has 0 bridgehead atoms. The number of hydrogen-bond acceptors (Lipinski definition) is 4. The molecule has 0 aliphatic heterocycles. The molecule has 0 atom stereocenters. The van der Waals surface area contributed by atoms with E-state index in [0.29, 0.717) is 0 Å². The molecule has 0 unspecified atom stereocenters. The van der Waals surface area contributed by atoms with Crippen molar-refractivity contribution in [3.8, 4) is 6.07 Å². The lowest BCUT2D eigenvalue weighted by molar-refractivity contribution is 0.603. The summed E-state index contributed by atoms with van der Waals surface area (Å²) >= 11 is 4.48. The molecular weight excluding hydrogens is 360 g/mol. The Bertz CT molecular complexity index is 776. The summed E-state index contributed by atoms with van der Waals surface area (Å²) in [5.74, 6) is 0. The van der Waals surface area contributed by atoms with Crippen molar-refractivity contribution in [1.82, 2.24) is 0 Å². The number of halogens is 1. The van der Waals surface area contributed by atoms with Crippen LogP contribution in [0.1, 0.15) is 17.4 Å². The number of sulfonamides is 1. The van der Waals surface area contributed by atoms with Crippen LogP contribution in [0.4, 0.5) is 5.69 Å². The fourth-order valence-electron chi connectivity index (χ4n) is 1.59. The van der Waals surface area contributed by atoms with Gasteiger partial charge in [-0.2, -0.15) is 5.26 Å². The van der Waals surface area contributed by atoms with Gasteiger partial charge in [-0.25, -0.2) is 8.42 Å². The molecule has 7 heteroatoms. The van der Waals surface area contributed by atoms with Crippen LogP contribution in [-0.4, -0.2) is 8.42 Å². The molecular formula is C13H11BrN2O2S2. The van der Waals surface area contributed by atoms with E-state index in [1.54, 1.807) is 30.3 Å². The molecule has 1 aromatic carbocycles. The summed E-state index contributed by atoms with van der Waals surface area (Å²) in [5, 5.41) is 9.05. The Morgan fingerprint density at radius 2 is 2.10 bits per heavy atom. The first-order valence-corrected chi connectivity index (χ1v) is 8.86. The molecule has 1 N–H and O–H groups in total. The van der Waals surface area contributed by atoms with Crippen molar-refractivity contribution >= 4 is 43.0 Å². The van der Waals surface area contributed by atoms with Crippen molar-refractivity contribution in [1.29, 1.82) is 5.26 Å². The zero-order valence-electron chi connectivity index (χ0n) is 10.6. The molecule has 104 valence electrons. The van der Waals surface area contributed by atoms with Gasteiger partial charge in [-0.05, 0) is 36.8 Å². The van der Waals surface area contributed by atoms with Gasteiger partial charge in [0.15, 0.2) is 0 Å². The lowest BCUT2D eigenvalue weighted by Gasteiger charge is -2.08. The average molecular weight is 371 g/mol. The topological polar surface area (TPSA) is 70.0 Å². The number of anilines is 1. The summed E-state index contributed by atoms with van der Waals surface area (Å²) < 4.78 is 28.0. The number of nitrogens with one attached hydrogen (secondary N) is 1. The van der Waals surface area contributed by atoms with E-state index in [1.165, 1.54) is 11.3 Å². The minimum Gasteiger partial charge on any atom is -0.278 e. The molecule has 2 rings (SSSR count). The fraction of sp³-hybridized carbons (Fsp3) is 0.154. The maximum absolute atomic E-state index is 12.3. The van der Waals surface area contributed by atoms with E-state index in [2.05, 4.69) is 20.7 Å². The molecule has 4 nitrogen and oxygen atoms in total. The van der Waals surface area contributed by atoms with Gasteiger partial charge in [0.05, 0.1) is 11.3 Å².